The molecule has 0 saturated carbocycles. The Hall–Kier alpha value is -1.80. The number of hydrogen-bond acceptors (Lipinski definition) is 6. The van der Waals surface area contributed by atoms with Gasteiger partial charge in [0.25, 0.3) is 0 Å². The van der Waals surface area contributed by atoms with Gasteiger partial charge in [0, 0.05) is 13.0 Å². The maximum Gasteiger partial charge on any atom is 0.472 e. The van der Waals surface area contributed by atoms with Crippen LogP contribution < -0.4 is 11.1 Å². The predicted octanol–water partition coefficient (Wildman–Crippen LogP) is 10.7. The molecule has 9 heteroatoms. The molecule has 0 radical (unpaired) electrons. The smallest absolute Gasteiger partial charge is 0.387 e. The molecule has 0 heterocycles. The minimum atomic E-state index is -4.35. The van der Waals surface area contributed by atoms with Crippen molar-refractivity contribution in [2.24, 2.45) is 5.73 Å². The van der Waals surface area contributed by atoms with Crippen LogP contribution in [0.3, 0.4) is 0 Å². The summed E-state index contributed by atoms with van der Waals surface area (Å²) in [6.07, 6.45) is 45.5. The SMILES string of the molecule is CCCC/C=C\C/C=C\CCCCCCCC(=O)NC(COP(=O)(O)OCCN)C(O)/C=C/CC/C=C/CC/C=C/CCCCCCCCC. The summed E-state index contributed by atoms with van der Waals surface area (Å²) in [4.78, 5) is 22.6. The summed E-state index contributed by atoms with van der Waals surface area (Å²) >= 11 is 0. The first-order chi connectivity index (χ1) is 24.4. The molecule has 290 valence electrons. The second-order valence-electron chi connectivity index (χ2n) is 13.1. The average Bonchev–Trinajstić information content (AvgIpc) is 3.10. The van der Waals surface area contributed by atoms with E-state index >= 15 is 0 Å². The van der Waals surface area contributed by atoms with Crippen molar-refractivity contribution in [1.29, 1.82) is 0 Å². The highest BCUT2D eigenvalue weighted by molar-refractivity contribution is 7.47. The number of nitrogens with two attached hydrogens (primary N) is 1. The largest absolute Gasteiger partial charge is 0.472 e. The van der Waals surface area contributed by atoms with Gasteiger partial charge in [-0.2, -0.15) is 0 Å². The Morgan fingerprint density at radius 2 is 1.14 bits per heavy atom. The second kappa shape index (κ2) is 37.0. The Morgan fingerprint density at radius 1 is 0.660 bits per heavy atom. The number of rotatable bonds is 36. The molecule has 0 rings (SSSR count). The van der Waals surface area contributed by atoms with Crippen LogP contribution in [0.1, 0.15) is 162 Å². The molecular formula is C41H75N2O6P. The normalized spacial score (nSPS) is 14.9. The first-order valence-corrected chi connectivity index (χ1v) is 21.4. The highest BCUT2D eigenvalue weighted by Crippen LogP contribution is 2.43. The summed E-state index contributed by atoms with van der Waals surface area (Å²) < 4.78 is 22.0. The van der Waals surface area contributed by atoms with Gasteiger partial charge < -0.3 is 21.1 Å². The number of hydrogen-bond donors (Lipinski definition) is 4. The van der Waals surface area contributed by atoms with E-state index in [1.165, 1.54) is 70.6 Å². The van der Waals surface area contributed by atoms with Crippen LogP contribution in [0.2, 0.25) is 0 Å². The number of aliphatic hydroxyl groups is 1. The van der Waals surface area contributed by atoms with Gasteiger partial charge >= 0.3 is 7.82 Å². The molecule has 3 atom stereocenters. The zero-order valence-corrected chi connectivity index (χ0v) is 32.8. The molecule has 5 N–H and O–H groups in total. The summed E-state index contributed by atoms with van der Waals surface area (Å²) in [5.41, 5.74) is 5.35. The van der Waals surface area contributed by atoms with Gasteiger partial charge in [0.2, 0.25) is 5.91 Å². The fourth-order valence-electron chi connectivity index (χ4n) is 5.24. The Bertz CT molecular complexity index is 965. The Morgan fingerprint density at radius 3 is 1.72 bits per heavy atom. The van der Waals surface area contributed by atoms with Crippen LogP contribution in [0.25, 0.3) is 0 Å². The van der Waals surface area contributed by atoms with Crippen LogP contribution in [0.4, 0.5) is 0 Å². The van der Waals surface area contributed by atoms with Crippen LogP contribution in [0, 0.1) is 0 Å². The van der Waals surface area contributed by atoms with Crippen molar-refractivity contribution < 1.29 is 28.4 Å². The molecule has 3 unspecified atom stereocenters. The highest BCUT2D eigenvalue weighted by atomic mass is 31.2. The van der Waals surface area contributed by atoms with Crippen molar-refractivity contribution in [3.63, 3.8) is 0 Å². The third-order valence-electron chi connectivity index (χ3n) is 8.29. The number of nitrogens with one attached hydrogen (secondary N) is 1. The lowest BCUT2D eigenvalue weighted by Gasteiger charge is -2.23. The summed E-state index contributed by atoms with van der Waals surface area (Å²) in [5.74, 6) is -0.226. The Balaban J connectivity index is 4.41. The lowest BCUT2D eigenvalue weighted by Crippen LogP contribution is -2.45. The van der Waals surface area contributed by atoms with E-state index in [4.69, 9.17) is 14.8 Å². The molecule has 1 amide bonds. The maximum absolute atomic E-state index is 12.7. The van der Waals surface area contributed by atoms with Crippen LogP contribution >= 0.6 is 7.82 Å². The minimum absolute atomic E-state index is 0.0668. The van der Waals surface area contributed by atoms with E-state index in [0.717, 1.165) is 70.6 Å². The molecule has 0 saturated heterocycles. The van der Waals surface area contributed by atoms with E-state index in [0.29, 0.717) is 6.42 Å². The molecule has 0 spiro atoms. The van der Waals surface area contributed by atoms with Crippen LogP contribution in [0.15, 0.2) is 60.8 Å². The lowest BCUT2D eigenvalue weighted by atomic mass is 10.1. The third-order valence-corrected chi connectivity index (χ3v) is 9.28. The zero-order valence-electron chi connectivity index (χ0n) is 31.9. The molecule has 0 bridgehead atoms. The van der Waals surface area contributed by atoms with Crippen molar-refractivity contribution in [3.05, 3.63) is 60.8 Å². The number of phosphoric ester groups is 1. The number of carbonyl (C=O) groups excluding carboxylic acids is 1. The first kappa shape index (κ1) is 48.2. The maximum atomic E-state index is 12.7. The molecule has 50 heavy (non-hydrogen) atoms. The highest BCUT2D eigenvalue weighted by Gasteiger charge is 2.26. The van der Waals surface area contributed by atoms with E-state index in [1.54, 1.807) is 6.08 Å². The van der Waals surface area contributed by atoms with Gasteiger partial charge in [-0.05, 0) is 70.6 Å². The van der Waals surface area contributed by atoms with Crippen LogP contribution in [-0.4, -0.2) is 47.8 Å². The molecule has 0 aliphatic rings. The van der Waals surface area contributed by atoms with E-state index in [9.17, 15) is 19.4 Å². The topological polar surface area (TPSA) is 131 Å². The summed E-state index contributed by atoms with van der Waals surface area (Å²) in [6, 6.07) is -0.891. The lowest BCUT2D eigenvalue weighted by molar-refractivity contribution is -0.123. The number of aliphatic hydroxyl groups excluding tert-OH is 1. The molecule has 0 aliphatic heterocycles. The molecular weight excluding hydrogens is 647 g/mol. The predicted molar refractivity (Wildman–Crippen MR) is 212 cm³/mol. The van der Waals surface area contributed by atoms with E-state index in [-0.39, 0.29) is 25.7 Å². The summed E-state index contributed by atoms with van der Waals surface area (Å²) in [7, 11) is -4.35. The van der Waals surface area contributed by atoms with Crippen molar-refractivity contribution in [3.8, 4) is 0 Å². The molecule has 0 aromatic carbocycles. The number of unbranched alkanes of at least 4 members (excludes halogenated alkanes) is 16. The van der Waals surface area contributed by atoms with Gasteiger partial charge in [-0.25, -0.2) is 4.57 Å². The van der Waals surface area contributed by atoms with E-state index in [1.807, 2.05) is 6.08 Å². The van der Waals surface area contributed by atoms with Crippen LogP contribution in [-0.2, 0) is 18.4 Å². The van der Waals surface area contributed by atoms with Gasteiger partial charge in [0.1, 0.15) is 0 Å². The zero-order chi connectivity index (χ0) is 36.8. The number of carbonyl (C=O) groups is 1. The summed E-state index contributed by atoms with van der Waals surface area (Å²) in [6.45, 7) is 4.02. The Labute approximate surface area is 306 Å². The van der Waals surface area contributed by atoms with E-state index in [2.05, 4.69) is 67.8 Å². The third kappa shape index (κ3) is 34.6. The van der Waals surface area contributed by atoms with Gasteiger partial charge in [0.15, 0.2) is 0 Å². The van der Waals surface area contributed by atoms with Crippen LogP contribution in [0.5, 0.6) is 0 Å². The van der Waals surface area contributed by atoms with Gasteiger partial charge in [0.05, 0.1) is 25.4 Å². The minimum Gasteiger partial charge on any atom is -0.387 e. The van der Waals surface area contributed by atoms with Crippen molar-refractivity contribution in [2.45, 2.75) is 174 Å². The molecule has 0 fully saturated rings. The summed E-state index contributed by atoms with van der Waals surface area (Å²) in [5, 5.41) is 13.6. The van der Waals surface area contributed by atoms with E-state index < -0.39 is 20.0 Å². The van der Waals surface area contributed by atoms with Gasteiger partial charge in [-0.15, -0.1) is 0 Å². The number of amides is 1. The molecule has 0 aromatic heterocycles. The quantitative estimate of drug-likeness (QED) is 0.0288. The van der Waals surface area contributed by atoms with Gasteiger partial charge in [-0.3, -0.25) is 13.8 Å². The average molecular weight is 723 g/mol. The first-order valence-electron chi connectivity index (χ1n) is 19.9. The Kier molecular flexibility index (Phi) is 35.6. The number of allylic oxidation sites excluding steroid dienone is 9. The molecule has 0 aromatic rings. The van der Waals surface area contributed by atoms with Crippen molar-refractivity contribution in [2.75, 3.05) is 19.8 Å². The fraction of sp³-hybridized carbons (Fsp3) is 0.732. The monoisotopic (exact) mass is 723 g/mol. The second-order valence-corrected chi connectivity index (χ2v) is 14.6. The van der Waals surface area contributed by atoms with Crippen molar-refractivity contribution in [1.82, 2.24) is 5.32 Å². The van der Waals surface area contributed by atoms with Gasteiger partial charge in [-0.1, -0.05) is 145 Å². The number of phosphoric acid groups is 1. The molecule has 0 aliphatic carbocycles. The fourth-order valence-corrected chi connectivity index (χ4v) is 6.00. The molecule has 8 nitrogen and oxygen atoms in total. The van der Waals surface area contributed by atoms with Crippen molar-refractivity contribution >= 4 is 13.7 Å². The standard InChI is InChI=1S/C41H75N2O6P/c1-3-5-7-9-11-13-15-17-19-20-21-22-24-26-28-30-32-34-40(44)39(38-49-50(46,47)48-37-36-42)43-41(45)35-33-31-29-27-25-23-18-16-14-12-10-8-6-4-2/h10,12,16,18-20,24,26,32,34,39-40,44H,3-9,11,13-15,17,21-23,25,27-31,33,35-38,42H2,1-2H3,(H,43,45)(H,46,47)/b12-10-,18-16-,20-19+,26-24+,34-32+.